The van der Waals surface area contributed by atoms with Crippen molar-refractivity contribution < 1.29 is 5.95 Å². The highest BCUT2D eigenvalue weighted by Gasteiger charge is 2.04. The molecular formula is C12H17OP. The lowest BCUT2D eigenvalue weighted by Gasteiger charge is -2.08. The standard InChI is InChI=1S/C12H15OP.H2/c1-3-10-6-5-7-11(8-10)9-12(4-2)13-14;/h2,5-8,12H,3,9,14H2,1H3;1H/t12-;/m1./s1/i;1+2. The predicted octanol–water partition coefficient (Wildman–Crippen LogP) is 2.85. The van der Waals surface area contributed by atoms with E-state index >= 15 is 0 Å². The Morgan fingerprint density at radius 3 is 2.86 bits per heavy atom. The number of benzene rings is 1. The fraction of sp³-hybridized carbons (Fsp3) is 0.333. The molecule has 14 heavy (non-hydrogen) atoms. The quantitative estimate of drug-likeness (QED) is 0.548. The Labute approximate surface area is 89.6 Å². The van der Waals surface area contributed by atoms with Gasteiger partial charge in [0, 0.05) is 17.3 Å². The zero-order valence-electron chi connectivity index (χ0n) is 8.36. The Balaban J connectivity index is 0.00000196. The van der Waals surface area contributed by atoms with Crippen molar-refractivity contribution in [1.82, 2.24) is 0 Å². The molecule has 2 atom stereocenters. The van der Waals surface area contributed by atoms with E-state index in [2.05, 4.69) is 46.6 Å². The summed E-state index contributed by atoms with van der Waals surface area (Å²) in [6, 6.07) is 8.43. The maximum atomic E-state index is 5.31. The third-order valence-electron chi connectivity index (χ3n) is 2.17. The zero-order valence-corrected chi connectivity index (χ0v) is 9.52. The lowest BCUT2D eigenvalue weighted by molar-refractivity contribution is 0.305. The number of hydrogen-bond acceptors (Lipinski definition) is 1. The number of aryl methyl sites for hydroxylation is 1. The summed E-state index contributed by atoms with van der Waals surface area (Å²) in [6.07, 6.45) is 6.99. The molecule has 0 saturated heterocycles. The molecule has 0 bridgehead atoms. The van der Waals surface area contributed by atoms with Crippen LogP contribution in [0.2, 0.25) is 0 Å². The van der Waals surface area contributed by atoms with E-state index in [1.807, 2.05) is 0 Å². The molecule has 0 aromatic heterocycles. The van der Waals surface area contributed by atoms with Crippen LogP contribution in [0.4, 0.5) is 0 Å². The van der Waals surface area contributed by atoms with E-state index in [4.69, 9.17) is 10.9 Å². The second-order valence-corrected chi connectivity index (χ2v) is 3.44. The lowest BCUT2D eigenvalue weighted by Crippen LogP contribution is -2.08. The Morgan fingerprint density at radius 2 is 2.29 bits per heavy atom. The Kier molecular flexibility index (Phi) is 4.66. The minimum Gasteiger partial charge on any atom is -0.349 e. The molecule has 1 aromatic carbocycles. The van der Waals surface area contributed by atoms with E-state index in [0.717, 1.165) is 12.8 Å². The van der Waals surface area contributed by atoms with Gasteiger partial charge in [-0.2, -0.15) is 0 Å². The summed E-state index contributed by atoms with van der Waals surface area (Å²) >= 11 is 0. The highest BCUT2D eigenvalue weighted by molar-refractivity contribution is 7.09. The molecule has 0 aliphatic carbocycles. The van der Waals surface area contributed by atoms with E-state index in [-0.39, 0.29) is 7.53 Å². The smallest absolute Gasteiger partial charge is 0.125 e. The van der Waals surface area contributed by atoms with Crippen LogP contribution in [0, 0.1) is 12.3 Å². The van der Waals surface area contributed by atoms with Gasteiger partial charge in [-0.25, -0.2) is 0 Å². The average molecular weight is 210 g/mol. The fourth-order valence-corrected chi connectivity index (χ4v) is 1.51. The predicted molar refractivity (Wildman–Crippen MR) is 65.1 cm³/mol. The van der Waals surface area contributed by atoms with Gasteiger partial charge in [0.2, 0.25) is 0 Å². The van der Waals surface area contributed by atoms with Crippen molar-refractivity contribution in [2.24, 2.45) is 0 Å². The highest BCUT2D eigenvalue weighted by atomic mass is 31.0. The molecule has 76 valence electrons. The van der Waals surface area contributed by atoms with Gasteiger partial charge in [-0.3, -0.25) is 0 Å². The largest absolute Gasteiger partial charge is 0.349 e. The zero-order chi connectivity index (χ0) is 10.4. The molecule has 0 amide bonds. The van der Waals surface area contributed by atoms with Crippen molar-refractivity contribution in [2.75, 3.05) is 0 Å². The van der Waals surface area contributed by atoms with E-state index < -0.39 is 0 Å². The highest BCUT2D eigenvalue weighted by Crippen LogP contribution is 2.11. The molecule has 1 unspecified atom stereocenters. The number of rotatable bonds is 4. The van der Waals surface area contributed by atoms with Gasteiger partial charge < -0.3 is 4.52 Å². The van der Waals surface area contributed by atoms with Crippen molar-refractivity contribution in [3.63, 3.8) is 0 Å². The molecule has 1 aromatic rings. The summed E-state index contributed by atoms with van der Waals surface area (Å²) in [6.45, 7) is 2.14. The first-order valence-corrected chi connectivity index (χ1v) is 5.16. The Bertz CT molecular complexity index is 333. The van der Waals surface area contributed by atoms with Crippen LogP contribution in [0.15, 0.2) is 24.3 Å². The molecule has 2 heteroatoms. The maximum absolute atomic E-state index is 5.31. The fourth-order valence-electron chi connectivity index (χ4n) is 1.34. The summed E-state index contributed by atoms with van der Waals surface area (Å²) in [7, 11) is 2.22. The van der Waals surface area contributed by atoms with Crippen LogP contribution in [-0.4, -0.2) is 6.10 Å². The number of terminal acetylenes is 1. The van der Waals surface area contributed by atoms with E-state index in [1.54, 1.807) is 0 Å². The van der Waals surface area contributed by atoms with Gasteiger partial charge in [0.25, 0.3) is 0 Å². The van der Waals surface area contributed by atoms with E-state index in [0.29, 0.717) is 0 Å². The first kappa shape index (κ1) is 11.2. The molecule has 0 spiro atoms. The van der Waals surface area contributed by atoms with Gasteiger partial charge in [0.05, 0.1) is 0 Å². The van der Waals surface area contributed by atoms with Crippen molar-refractivity contribution in [2.45, 2.75) is 25.9 Å². The van der Waals surface area contributed by atoms with Crippen LogP contribution in [-0.2, 0) is 17.4 Å². The van der Waals surface area contributed by atoms with Gasteiger partial charge in [0.1, 0.15) is 6.10 Å². The monoisotopic (exact) mass is 210 g/mol. The van der Waals surface area contributed by atoms with Crippen LogP contribution >= 0.6 is 9.47 Å². The molecule has 0 aliphatic heterocycles. The first-order valence-electron chi connectivity index (χ1n) is 4.69. The van der Waals surface area contributed by atoms with E-state index in [1.165, 1.54) is 11.1 Å². The summed E-state index contributed by atoms with van der Waals surface area (Å²) in [5, 5.41) is 0. The lowest BCUT2D eigenvalue weighted by atomic mass is 10.0. The van der Waals surface area contributed by atoms with Crippen LogP contribution in [0.25, 0.3) is 0 Å². The number of hydrogen-bond donors (Lipinski definition) is 0. The summed E-state index contributed by atoms with van der Waals surface area (Å²) in [5.74, 6) is 2.59. The van der Waals surface area contributed by atoms with Crippen LogP contribution in [0.5, 0.6) is 0 Å². The third-order valence-corrected chi connectivity index (χ3v) is 2.50. The van der Waals surface area contributed by atoms with Crippen LogP contribution < -0.4 is 0 Å². The van der Waals surface area contributed by atoms with Gasteiger partial charge in [0.15, 0.2) is 0 Å². The summed E-state index contributed by atoms with van der Waals surface area (Å²) in [5.41, 5.74) is 2.57. The minimum atomic E-state index is -0.146. The molecular weight excluding hydrogens is 191 g/mol. The normalized spacial score (nSPS) is 12.1. The molecule has 0 fully saturated rings. The van der Waals surface area contributed by atoms with Crippen molar-refractivity contribution in [3.05, 3.63) is 35.4 Å². The molecule has 0 saturated carbocycles. The van der Waals surface area contributed by atoms with Gasteiger partial charge in [-0.05, 0) is 17.5 Å². The Morgan fingerprint density at radius 1 is 1.57 bits per heavy atom. The first-order chi connectivity index (χ1) is 6.80. The molecule has 1 nitrogen and oxygen atoms in total. The van der Waals surface area contributed by atoms with Gasteiger partial charge in [-0.1, -0.05) is 37.1 Å². The summed E-state index contributed by atoms with van der Waals surface area (Å²) < 4.78 is 5.06. The minimum absolute atomic E-state index is 0. The SMILES string of the molecule is C#C[C@H](Cc1cccc(CC)c1)OP.[3HH]. The van der Waals surface area contributed by atoms with Crippen LogP contribution in [0.3, 0.4) is 0 Å². The average Bonchev–Trinajstić information content (AvgIpc) is 2.26. The molecule has 0 heterocycles. The molecule has 0 N–H and O–H groups in total. The van der Waals surface area contributed by atoms with Crippen molar-refractivity contribution in [1.29, 1.82) is 0 Å². The molecule has 0 aliphatic rings. The topological polar surface area (TPSA) is 9.23 Å². The van der Waals surface area contributed by atoms with E-state index in [9.17, 15) is 0 Å². The van der Waals surface area contributed by atoms with Gasteiger partial charge in [-0.15, -0.1) is 6.42 Å². The Hall–Kier alpha value is -0.830. The summed E-state index contributed by atoms with van der Waals surface area (Å²) in [4.78, 5) is 0. The third kappa shape index (κ3) is 3.14. The van der Waals surface area contributed by atoms with Gasteiger partial charge >= 0.3 is 0 Å². The van der Waals surface area contributed by atoms with Crippen molar-refractivity contribution in [3.8, 4) is 12.3 Å². The second kappa shape index (κ2) is 5.81. The maximum Gasteiger partial charge on any atom is 0.125 e. The van der Waals surface area contributed by atoms with Crippen molar-refractivity contribution >= 4 is 9.47 Å². The molecule has 0 radical (unpaired) electrons. The van der Waals surface area contributed by atoms with Crippen LogP contribution in [0.1, 0.15) is 19.5 Å². The molecule has 1 rings (SSSR count). The second-order valence-electron chi connectivity index (χ2n) is 3.17.